The van der Waals surface area contributed by atoms with Crippen LogP contribution in [0.1, 0.15) is 13.3 Å². The molecule has 0 aliphatic carbocycles. The van der Waals surface area contributed by atoms with E-state index in [1.807, 2.05) is 0 Å². The third-order valence-corrected chi connectivity index (χ3v) is 2.36. The molecule has 0 aromatic carbocycles. The van der Waals surface area contributed by atoms with Crippen LogP contribution in [0.2, 0.25) is 0 Å². The van der Waals surface area contributed by atoms with Crippen molar-refractivity contribution in [3.8, 4) is 0 Å². The number of hydrogen-bond donors (Lipinski definition) is 3. The van der Waals surface area contributed by atoms with Gasteiger partial charge in [0.25, 0.3) is 10.1 Å². The second kappa shape index (κ2) is 9.70. The summed E-state index contributed by atoms with van der Waals surface area (Å²) in [4.78, 5) is 21.3. The summed E-state index contributed by atoms with van der Waals surface area (Å²) < 4.78 is 34.1. The molecule has 2 atom stereocenters. The Bertz CT molecular complexity index is 355. The molecule has 0 rings (SSSR count). The topological polar surface area (TPSA) is 144 Å². The van der Waals surface area contributed by atoms with E-state index in [9.17, 15) is 18.0 Å². The van der Waals surface area contributed by atoms with Gasteiger partial charge in [0.2, 0.25) is 0 Å². The van der Waals surface area contributed by atoms with Gasteiger partial charge in [0.05, 0.1) is 6.42 Å². The number of esters is 1. The van der Waals surface area contributed by atoms with Crippen molar-refractivity contribution in [1.29, 1.82) is 0 Å². The summed E-state index contributed by atoms with van der Waals surface area (Å²) in [5.74, 6) is -2.95. The minimum absolute atomic E-state index is 0. The fourth-order valence-electron chi connectivity index (χ4n) is 0.728. The van der Waals surface area contributed by atoms with E-state index in [1.54, 1.807) is 0 Å². The number of rotatable bonds is 5. The summed E-state index contributed by atoms with van der Waals surface area (Å²) in [7, 11) is -4.82. The molecule has 4 N–H and O–H groups in total. The van der Waals surface area contributed by atoms with Crippen molar-refractivity contribution in [1.82, 2.24) is 0 Å². The minimum atomic E-state index is -4.82. The van der Waals surface area contributed by atoms with Crippen molar-refractivity contribution in [2.24, 2.45) is 5.73 Å². The van der Waals surface area contributed by atoms with Gasteiger partial charge in [-0.25, -0.2) is 0 Å². The van der Waals surface area contributed by atoms with Crippen LogP contribution in [0.4, 0.5) is 0 Å². The first kappa shape index (κ1) is 22.9. The first-order chi connectivity index (χ1) is 6.64. The molecule has 0 radical (unpaired) electrons. The molecule has 17 heavy (non-hydrogen) atoms. The fourth-order valence-corrected chi connectivity index (χ4v) is 1.38. The zero-order chi connectivity index (χ0) is 12.2. The Balaban J connectivity index is -0.000000980. The summed E-state index contributed by atoms with van der Waals surface area (Å²) in [6.45, 7) is 1.25. The van der Waals surface area contributed by atoms with Gasteiger partial charge in [0.1, 0.15) is 6.23 Å². The standard InChI is InChI=1S/C6H11NO7S.2Na.2H/c1-3(7)14-6(10)4(2-5(8)9)15(11,12)13;;;;/h3-4H,2,7H2,1H3,(H,8,9)(H,11,12,13);;;;. The molecule has 0 saturated heterocycles. The van der Waals surface area contributed by atoms with Crippen LogP contribution >= 0.6 is 0 Å². The average molecular weight is 289 g/mol. The molecule has 92 valence electrons. The van der Waals surface area contributed by atoms with Gasteiger partial charge in [-0.05, 0) is 6.92 Å². The molecule has 8 nitrogen and oxygen atoms in total. The SMILES string of the molecule is CC(N)OC(=O)C(CC(=O)O)S(=O)(=O)O.[NaH].[NaH]. The Hall–Kier alpha value is 0.810. The van der Waals surface area contributed by atoms with Gasteiger partial charge in [-0.3, -0.25) is 19.9 Å². The predicted octanol–water partition coefficient (Wildman–Crippen LogP) is -2.73. The Morgan fingerprint density at radius 2 is 1.76 bits per heavy atom. The normalized spacial score (nSPS) is 13.6. The number of carboxylic acid groups (broad SMARTS) is 1. The summed E-state index contributed by atoms with van der Waals surface area (Å²) >= 11 is 0. The molecule has 0 spiro atoms. The van der Waals surface area contributed by atoms with E-state index in [2.05, 4.69) is 4.74 Å². The van der Waals surface area contributed by atoms with E-state index in [-0.39, 0.29) is 59.1 Å². The molecule has 0 saturated carbocycles. The van der Waals surface area contributed by atoms with Crippen molar-refractivity contribution in [3.05, 3.63) is 0 Å². The van der Waals surface area contributed by atoms with Crippen molar-refractivity contribution < 1.29 is 32.4 Å². The molecule has 11 heteroatoms. The average Bonchev–Trinajstić information content (AvgIpc) is 1.95. The monoisotopic (exact) mass is 289 g/mol. The molecule has 0 bridgehead atoms. The summed E-state index contributed by atoms with van der Waals surface area (Å²) in [6, 6.07) is 0. The number of ether oxygens (including phenoxy) is 1. The van der Waals surface area contributed by atoms with Crippen LogP contribution in [0.3, 0.4) is 0 Å². The van der Waals surface area contributed by atoms with Crippen molar-refractivity contribution in [3.63, 3.8) is 0 Å². The molecule has 2 unspecified atom stereocenters. The third-order valence-electron chi connectivity index (χ3n) is 1.28. The molecule has 0 aromatic rings. The van der Waals surface area contributed by atoms with Crippen LogP contribution in [0.5, 0.6) is 0 Å². The quantitative estimate of drug-likeness (QED) is 0.214. The van der Waals surface area contributed by atoms with Gasteiger partial charge < -0.3 is 9.84 Å². The molecule has 0 aromatic heterocycles. The van der Waals surface area contributed by atoms with E-state index < -0.39 is 40.0 Å². The fraction of sp³-hybridized carbons (Fsp3) is 0.667. The summed E-state index contributed by atoms with van der Waals surface area (Å²) in [5, 5.41) is 6.16. The Morgan fingerprint density at radius 1 is 1.35 bits per heavy atom. The van der Waals surface area contributed by atoms with Gasteiger partial charge in [-0.2, -0.15) is 8.42 Å². The maximum atomic E-state index is 11.0. The zero-order valence-electron chi connectivity index (χ0n) is 7.78. The van der Waals surface area contributed by atoms with Crippen molar-refractivity contribution in [2.75, 3.05) is 0 Å². The second-order valence-corrected chi connectivity index (χ2v) is 4.34. The molecular weight excluding hydrogens is 276 g/mol. The van der Waals surface area contributed by atoms with Crippen LogP contribution in [-0.4, -0.2) is 101 Å². The van der Waals surface area contributed by atoms with Gasteiger partial charge >= 0.3 is 71.1 Å². The third kappa shape index (κ3) is 10.4. The van der Waals surface area contributed by atoms with E-state index in [0.29, 0.717) is 0 Å². The van der Waals surface area contributed by atoms with Crippen LogP contribution in [0.15, 0.2) is 0 Å². The predicted molar refractivity (Wildman–Crippen MR) is 61.6 cm³/mol. The first-order valence-corrected chi connectivity index (χ1v) is 5.29. The van der Waals surface area contributed by atoms with Gasteiger partial charge in [-0.15, -0.1) is 0 Å². The number of carbonyl (C=O) groups excluding carboxylic acids is 1. The molecular formula is C6H13NNa2O7S. The molecule has 0 aliphatic rings. The van der Waals surface area contributed by atoms with Gasteiger partial charge in [0, 0.05) is 0 Å². The number of carboxylic acids is 1. The Kier molecular flexibility index (Phi) is 13.1. The van der Waals surface area contributed by atoms with Crippen LogP contribution in [0.25, 0.3) is 0 Å². The zero-order valence-corrected chi connectivity index (χ0v) is 8.60. The van der Waals surface area contributed by atoms with E-state index >= 15 is 0 Å². The molecule has 0 aliphatic heterocycles. The molecule has 0 heterocycles. The second-order valence-electron chi connectivity index (χ2n) is 2.74. The van der Waals surface area contributed by atoms with E-state index in [0.717, 1.165) is 0 Å². The molecule has 0 amide bonds. The van der Waals surface area contributed by atoms with Gasteiger partial charge in [0.15, 0.2) is 5.25 Å². The Morgan fingerprint density at radius 3 is 2.00 bits per heavy atom. The van der Waals surface area contributed by atoms with E-state index in [1.165, 1.54) is 6.92 Å². The number of aliphatic carboxylic acids is 1. The molecule has 0 fully saturated rings. The first-order valence-electron chi connectivity index (χ1n) is 3.78. The summed E-state index contributed by atoms with van der Waals surface area (Å²) in [5.41, 5.74) is 5.04. The number of hydrogen-bond acceptors (Lipinski definition) is 6. The maximum absolute atomic E-state index is 11.0. The van der Waals surface area contributed by atoms with Crippen molar-refractivity contribution in [2.45, 2.75) is 24.8 Å². The van der Waals surface area contributed by atoms with Crippen LogP contribution in [-0.2, 0) is 24.4 Å². The van der Waals surface area contributed by atoms with Crippen LogP contribution < -0.4 is 5.73 Å². The Labute approximate surface area is 143 Å². The van der Waals surface area contributed by atoms with Gasteiger partial charge in [-0.1, -0.05) is 0 Å². The number of nitrogens with two attached hydrogens (primary N) is 1. The van der Waals surface area contributed by atoms with Crippen LogP contribution in [0, 0.1) is 0 Å². The van der Waals surface area contributed by atoms with E-state index in [4.69, 9.17) is 15.4 Å². The number of carbonyl (C=O) groups is 2. The summed E-state index contributed by atoms with van der Waals surface area (Å²) in [6.07, 6.45) is -2.17. The van der Waals surface area contributed by atoms with Crippen molar-refractivity contribution >= 4 is 81.2 Å².